The van der Waals surface area contributed by atoms with E-state index in [1.54, 1.807) is 18.2 Å². The molecule has 0 aliphatic carbocycles. The molecule has 124 valence electrons. The molecule has 8 heteroatoms. The van der Waals surface area contributed by atoms with Crippen LogP contribution < -0.4 is 4.74 Å². The van der Waals surface area contributed by atoms with Gasteiger partial charge in [0.1, 0.15) is 5.75 Å². The fourth-order valence-electron chi connectivity index (χ4n) is 2.50. The van der Waals surface area contributed by atoms with Gasteiger partial charge in [0.05, 0.1) is 24.8 Å². The first kappa shape index (κ1) is 15.8. The lowest BCUT2D eigenvalue weighted by atomic mass is 10.2. The average Bonchev–Trinajstić information content (AvgIpc) is 2.95. The van der Waals surface area contributed by atoms with Gasteiger partial charge in [-0.05, 0) is 19.1 Å². The van der Waals surface area contributed by atoms with Crippen LogP contribution >= 0.6 is 0 Å². The van der Waals surface area contributed by atoms with Gasteiger partial charge in [-0.25, -0.2) is 0 Å². The number of halogens is 2. The fourth-order valence-corrected chi connectivity index (χ4v) is 2.50. The van der Waals surface area contributed by atoms with Crippen LogP contribution in [0.1, 0.15) is 12.8 Å². The van der Waals surface area contributed by atoms with Crippen LogP contribution in [0.5, 0.6) is 5.75 Å². The summed E-state index contributed by atoms with van der Waals surface area (Å²) in [7, 11) is 0. The van der Waals surface area contributed by atoms with Crippen molar-refractivity contribution in [2.75, 3.05) is 19.7 Å². The minimum Gasteiger partial charge on any atom is -0.434 e. The lowest BCUT2D eigenvalue weighted by Gasteiger charge is -2.29. The highest BCUT2D eigenvalue weighted by Crippen LogP contribution is 2.29. The van der Waals surface area contributed by atoms with Crippen molar-refractivity contribution in [2.45, 2.75) is 26.2 Å². The molecule has 0 bridgehead atoms. The van der Waals surface area contributed by atoms with Gasteiger partial charge >= 0.3 is 6.61 Å². The highest BCUT2D eigenvalue weighted by atomic mass is 19.3. The highest BCUT2D eigenvalue weighted by molar-refractivity contribution is 5.63. The van der Waals surface area contributed by atoms with Crippen molar-refractivity contribution < 1.29 is 22.8 Å². The van der Waals surface area contributed by atoms with Crippen LogP contribution in [0, 0.1) is 0 Å². The first-order valence-electron chi connectivity index (χ1n) is 7.32. The number of nitrogens with zero attached hydrogens (tertiary/aromatic N) is 3. The molecule has 6 nitrogen and oxygen atoms in total. The summed E-state index contributed by atoms with van der Waals surface area (Å²) in [5.41, 5.74) is 0.373. The number of ether oxygens (including phenoxy) is 2. The SMILES string of the molecule is CC1CN(Cc2nc(-c3ccccc3OC(F)F)no2)CCO1. The molecule has 3 rings (SSSR count). The third kappa shape index (κ3) is 4.02. The number of para-hydroxylation sites is 1. The van der Waals surface area contributed by atoms with Crippen molar-refractivity contribution in [3.05, 3.63) is 30.2 Å². The predicted molar refractivity (Wildman–Crippen MR) is 77.1 cm³/mol. The third-order valence-corrected chi connectivity index (χ3v) is 3.50. The number of alkyl halides is 2. The minimum absolute atomic E-state index is 0.0230. The standard InChI is InChI=1S/C15H17F2N3O3/c1-10-8-20(6-7-21-10)9-13-18-14(19-23-13)11-4-2-3-5-12(11)22-15(16)17/h2-5,10,15H,6-9H2,1H3. The van der Waals surface area contributed by atoms with Crippen molar-refractivity contribution >= 4 is 0 Å². The van der Waals surface area contributed by atoms with Gasteiger partial charge in [-0.15, -0.1) is 0 Å². The lowest BCUT2D eigenvalue weighted by Crippen LogP contribution is -2.40. The van der Waals surface area contributed by atoms with E-state index in [0.29, 0.717) is 24.6 Å². The zero-order valence-corrected chi connectivity index (χ0v) is 12.6. The molecule has 1 aliphatic rings. The second-order valence-corrected chi connectivity index (χ2v) is 5.30. The van der Waals surface area contributed by atoms with E-state index in [1.807, 2.05) is 6.92 Å². The van der Waals surface area contributed by atoms with Crippen molar-refractivity contribution in [1.29, 1.82) is 0 Å². The van der Waals surface area contributed by atoms with Gasteiger partial charge in [-0.2, -0.15) is 13.8 Å². The minimum atomic E-state index is -2.91. The Kier molecular flexibility index (Phi) is 4.82. The highest BCUT2D eigenvalue weighted by Gasteiger charge is 2.20. The molecule has 0 saturated carbocycles. The van der Waals surface area contributed by atoms with Crippen LogP contribution in [0.3, 0.4) is 0 Å². The van der Waals surface area contributed by atoms with Crippen LogP contribution in [0.15, 0.2) is 28.8 Å². The van der Waals surface area contributed by atoms with E-state index in [2.05, 4.69) is 19.8 Å². The Bertz CT molecular complexity index is 650. The molecule has 2 aromatic rings. The smallest absolute Gasteiger partial charge is 0.387 e. The molecular weight excluding hydrogens is 308 g/mol. The molecule has 0 spiro atoms. The molecule has 0 radical (unpaired) electrons. The predicted octanol–water partition coefficient (Wildman–Crippen LogP) is 2.56. The second-order valence-electron chi connectivity index (χ2n) is 5.30. The first-order chi connectivity index (χ1) is 11.1. The summed E-state index contributed by atoms with van der Waals surface area (Å²) < 4.78 is 40.1. The maximum absolute atomic E-state index is 12.5. The molecule has 23 heavy (non-hydrogen) atoms. The summed E-state index contributed by atoms with van der Waals surface area (Å²) in [6.45, 7) is 1.82. The van der Waals surface area contributed by atoms with Gasteiger partial charge < -0.3 is 14.0 Å². The molecule has 1 atom stereocenters. The fraction of sp³-hybridized carbons (Fsp3) is 0.467. The normalized spacial score (nSPS) is 19.2. The Balaban J connectivity index is 1.74. The number of rotatable bonds is 5. The molecule has 0 amide bonds. The molecule has 1 fully saturated rings. The van der Waals surface area contributed by atoms with Crippen LogP contribution in [-0.4, -0.2) is 47.5 Å². The summed E-state index contributed by atoms with van der Waals surface area (Å²) >= 11 is 0. The number of morpholine rings is 1. The third-order valence-electron chi connectivity index (χ3n) is 3.50. The van der Waals surface area contributed by atoms with Gasteiger partial charge in [0.2, 0.25) is 11.7 Å². The van der Waals surface area contributed by atoms with E-state index in [-0.39, 0.29) is 17.7 Å². The zero-order chi connectivity index (χ0) is 16.2. The Morgan fingerprint density at radius 1 is 1.39 bits per heavy atom. The average molecular weight is 325 g/mol. The topological polar surface area (TPSA) is 60.6 Å². The molecule has 1 aromatic carbocycles. The van der Waals surface area contributed by atoms with E-state index in [4.69, 9.17) is 9.26 Å². The van der Waals surface area contributed by atoms with E-state index >= 15 is 0 Å². The zero-order valence-electron chi connectivity index (χ0n) is 12.6. The number of benzene rings is 1. The number of aromatic nitrogens is 2. The van der Waals surface area contributed by atoms with E-state index < -0.39 is 6.61 Å². The van der Waals surface area contributed by atoms with Crippen LogP contribution in [-0.2, 0) is 11.3 Å². The van der Waals surface area contributed by atoms with Crippen molar-refractivity contribution in [2.24, 2.45) is 0 Å². The summed E-state index contributed by atoms with van der Waals surface area (Å²) in [6.07, 6.45) is 0.159. The molecule has 1 aromatic heterocycles. The van der Waals surface area contributed by atoms with Gasteiger partial charge in [0.25, 0.3) is 0 Å². The summed E-state index contributed by atoms with van der Waals surface area (Å²) in [5.74, 6) is 0.688. The molecule has 0 N–H and O–H groups in total. The molecular formula is C15H17F2N3O3. The van der Waals surface area contributed by atoms with E-state index in [9.17, 15) is 8.78 Å². The molecule has 1 unspecified atom stereocenters. The first-order valence-corrected chi connectivity index (χ1v) is 7.32. The van der Waals surface area contributed by atoms with Crippen molar-refractivity contribution in [3.63, 3.8) is 0 Å². The second kappa shape index (κ2) is 7.01. The molecule has 2 heterocycles. The van der Waals surface area contributed by atoms with Crippen LogP contribution in [0.2, 0.25) is 0 Å². The van der Waals surface area contributed by atoms with Gasteiger partial charge in [-0.1, -0.05) is 17.3 Å². The monoisotopic (exact) mass is 325 g/mol. The molecule has 1 aliphatic heterocycles. The van der Waals surface area contributed by atoms with Gasteiger partial charge in [0, 0.05) is 13.1 Å². The Morgan fingerprint density at radius 3 is 3.00 bits per heavy atom. The summed E-state index contributed by atoms with van der Waals surface area (Å²) in [5, 5.41) is 3.87. The largest absolute Gasteiger partial charge is 0.434 e. The Labute approximate surface area is 132 Å². The number of hydrogen-bond acceptors (Lipinski definition) is 6. The Morgan fingerprint density at radius 2 is 2.22 bits per heavy atom. The van der Waals surface area contributed by atoms with E-state index in [1.165, 1.54) is 6.07 Å². The van der Waals surface area contributed by atoms with Gasteiger partial charge in [-0.3, -0.25) is 4.90 Å². The quantitative estimate of drug-likeness (QED) is 0.842. The van der Waals surface area contributed by atoms with Crippen molar-refractivity contribution in [1.82, 2.24) is 15.0 Å². The molecule has 1 saturated heterocycles. The van der Waals surface area contributed by atoms with E-state index in [0.717, 1.165) is 13.1 Å². The van der Waals surface area contributed by atoms with Crippen LogP contribution in [0.25, 0.3) is 11.4 Å². The summed E-state index contributed by atoms with van der Waals surface area (Å²) in [4.78, 5) is 6.43. The Hall–Kier alpha value is -2.06. The number of hydrogen-bond donors (Lipinski definition) is 0. The van der Waals surface area contributed by atoms with Gasteiger partial charge in [0.15, 0.2) is 0 Å². The lowest BCUT2D eigenvalue weighted by molar-refractivity contribution is -0.0494. The maximum atomic E-state index is 12.5. The van der Waals surface area contributed by atoms with Crippen LogP contribution in [0.4, 0.5) is 8.78 Å². The maximum Gasteiger partial charge on any atom is 0.387 e. The summed E-state index contributed by atoms with van der Waals surface area (Å²) in [6, 6.07) is 6.37. The van der Waals surface area contributed by atoms with Crippen molar-refractivity contribution in [3.8, 4) is 17.1 Å².